The average molecular weight is 255 g/mol. The third-order valence-electron chi connectivity index (χ3n) is 3.65. The van der Waals surface area contributed by atoms with Crippen LogP contribution < -0.4 is 10.6 Å². The zero-order valence-corrected chi connectivity index (χ0v) is 12.3. The highest BCUT2D eigenvalue weighted by atomic mass is 16.1. The van der Waals surface area contributed by atoms with Crippen molar-refractivity contribution in [2.75, 3.05) is 33.7 Å². The molecule has 0 aromatic carbocycles. The molecule has 4 heteroatoms. The lowest BCUT2D eigenvalue weighted by Gasteiger charge is -2.28. The molecule has 0 radical (unpaired) electrons. The van der Waals surface area contributed by atoms with E-state index in [0.29, 0.717) is 12.0 Å². The van der Waals surface area contributed by atoms with E-state index in [1.54, 1.807) is 0 Å². The number of nitrogens with zero attached hydrogens (tertiary/aromatic N) is 1. The fourth-order valence-corrected chi connectivity index (χ4v) is 2.46. The number of amides is 1. The summed E-state index contributed by atoms with van der Waals surface area (Å²) in [5.74, 6) is 1.05. The third kappa shape index (κ3) is 5.36. The van der Waals surface area contributed by atoms with Crippen LogP contribution >= 0.6 is 0 Å². The smallest absolute Gasteiger partial charge is 0.224 e. The van der Waals surface area contributed by atoms with Crippen LogP contribution in [0.3, 0.4) is 0 Å². The van der Waals surface area contributed by atoms with Gasteiger partial charge in [-0.05, 0) is 45.8 Å². The summed E-state index contributed by atoms with van der Waals surface area (Å²) in [7, 11) is 4.17. The van der Waals surface area contributed by atoms with Crippen LogP contribution in [0.4, 0.5) is 0 Å². The molecule has 18 heavy (non-hydrogen) atoms. The molecular weight excluding hydrogens is 226 g/mol. The van der Waals surface area contributed by atoms with Crippen molar-refractivity contribution in [2.24, 2.45) is 11.8 Å². The molecule has 1 heterocycles. The number of carbonyl (C=O) groups is 1. The molecule has 1 aliphatic rings. The van der Waals surface area contributed by atoms with Crippen LogP contribution in [0.5, 0.6) is 0 Å². The summed E-state index contributed by atoms with van der Waals surface area (Å²) in [5.41, 5.74) is 0. The first-order chi connectivity index (χ1) is 8.50. The Hall–Kier alpha value is -0.610. The van der Waals surface area contributed by atoms with Gasteiger partial charge in [-0.1, -0.05) is 13.8 Å². The van der Waals surface area contributed by atoms with Crippen LogP contribution in [0.15, 0.2) is 0 Å². The first-order valence-corrected chi connectivity index (χ1v) is 7.15. The summed E-state index contributed by atoms with van der Waals surface area (Å²) >= 11 is 0. The number of rotatable bonds is 6. The van der Waals surface area contributed by atoms with Gasteiger partial charge in [-0.15, -0.1) is 0 Å². The predicted octanol–water partition coefficient (Wildman–Crippen LogP) is 1.08. The first-order valence-electron chi connectivity index (χ1n) is 7.15. The molecular formula is C14H29N3O. The molecule has 1 rings (SSSR count). The monoisotopic (exact) mass is 255 g/mol. The molecule has 106 valence electrons. The fraction of sp³-hybridized carbons (Fsp3) is 0.929. The Labute approximate surface area is 111 Å². The van der Waals surface area contributed by atoms with Crippen LogP contribution in [0.2, 0.25) is 0 Å². The maximum absolute atomic E-state index is 12.0. The summed E-state index contributed by atoms with van der Waals surface area (Å²) in [4.78, 5) is 14.2. The maximum Gasteiger partial charge on any atom is 0.224 e. The van der Waals surface area contributed by atoms with E-state index >= 15 is 0 Å². The minimum absolute atomic E-state index is 0.167. The summed E-state index contributed by atoms with van der Waals surface area (Å²) in [6, 6.07) is 0.436. The Kier molecular flexibility index (Phi) is 6.65. The lowest BCUT2D eigenvalue weighted by Crippen LogP contribution is -2.45. The highest BCUT2D eigenvalue weighted by molar-refractivity contribution is 5.79. The summed E-state index contributed by atoms with van der Waals surface area (Å²) < 4.78 is 0. The van der Waals surface area contributed by atoms with Gasteiger partial charge in [0.05, 0.1) is 5.92 Å². The molecule has 1 aliphatic heterocycles. The topological polar surface area (TPSA) is 44.4 Å². The van der Waals surface area contributed by atoms with Crippen LogP contribution in [-0.4, -0.2) is 50.6 Å². The minimum Gasteiger partial charge on any atom is -0.354 e. The molecule has 1 saturated heterocycles. The number of likely N-dealkylation sites (N-methyl/N-ethyl adjacent to an activating group) is 1. The Morgan fingerprint density at radius 2 is 2.17 bits per heavy atom. The predicted molar refractivity (Wildman–Crippen MR) is 75.5 cm³/mol. The zero-order valence-electron chi connectivity index (χ0n) is 12.3. The molecule has 0 saturated carbocycles. The molecule has 0 aromatic heterocycles. The van der Waals surface area contributed by atoms with E-state index in [0.717, 1.165) is 38.9 Å². The van der Waals surface area contributed by atoms with Crippen LogP contribution in [0.1, 0.15) is 33.1 Å². The Balaban J connectivity index is 2.33. The highest BCUT2D eigenvalue weighted by Crippen LogP contribution is 2.11. The Bertz CT molecular complexity index is 247. The molecule has 0 bridgehead atoms. The van der Waals surface area contributed by atoms with Crippen LogP contribution in [0.25, 0.3) is 0 Å². The van der Waals surface area contributed by atoms with Gasteiger partial charge in [0.1, 0.15) is 0 Å². The minimum atomic E-state index is 0.167. The van der Waals surface area contributed by atoms with Gasteiger partial charge in [0.25, 0.3) is 0 Å². The van der Waals surface area contributed by atoms with Gasteiger partial charge in [0.2, 0.25) is 5.91 Å². The van der Waals surface area contributed by atoms with E-state index < -0.39 is 0 Å². The molecule has 2 atom stereocenters. The second-order valence-corrected chi connectivity index (χ2v) is 6.04. The second kappa shape index (κ2) is 7.74. The van der Waals surface area contributed by atoms with Crippen molar-refractivity contribution >= 4 is 5.91 Å². The van der Waals surface area contributed by atoms with Gasteiger partial charge in [-0.3, -0.25) is 4.79 Å². The zero-order chi connectivity index (χ0) is 13.5. The van der Waals surface area contributed by atoms with E-state index in [1.807, 2.05) is 0 Å². The molecule has 2 N–H and O–H groups in total. The van der Waals surface area contributed by atoms with Crippen molar-refractivity contribution < 1.29 is 4.79 Å². The Morgan fingerprint density at radius 3 is 2.67 bits per heavy atom. The standard InChI is InChI=1S/C14H29N3O/c1-11(2)8-13(17(3)4)10-16-14(18)12-6-5-7-15-9-12/h11-13,15H,5-10H2,1-4H3,(H,16,18)/t12-,13?/m1/s1. The lowest BCUT2D eigenvalue weighted by molar-refractivity contribution is -0.125. The summed E-state index contributed by atoms with van der Waals surface area (Å²) in [5, 5.41) is 6.41. The quantitative estimate of drug-likeness (QED) is 0.746. The second-order valence-electron chi connectivity index (χ2n) is 6.04. The number of piperidine rings is 1. The first kappa shape index (κ1) is 15.4. The van der Waals surface area contributed by atoms with E-state index in [2.05, 4.69) is 43.5 Å². The van der Waals surface area contributed by atoms with Gasteiger partial charge in [0, 0.05) is 19.1 Å². The van der Waals surface area contributed by atoms with Crippen molar-refractivity contribution in [3.8, 4) is 0 Å². The molecule has 4 nitrogen and oxygen atoms in total. The van der Waals surface area contributed by atoms with Gasteiger partial charge in [-0.25, -0.2) is 0 Å². The largest absolute Gasteiger partial charge is 0.354 e. The van der Waals surface area contributed by atoms with E-state index in [-0.39, 0.29) is 11.8 Å². The molecule has 0 aromatic rings. The van der Waals surface area contributed by atoms with E-state index in [9.17, 15) is 4.79 Å². The average Bonchev–Trinajstić information content (AvgIpc) is 2.34. The molecule has 1 fully saturated rings. The van der Waals surface area contributed by atoms with Gasteiger partial charge >= 0.3 is 0 Å². The maximum atomic E-state index is 12.0. The summed E-state index contributed by atoms with van der Waals surface area (Å²) in [6.45, 7) is 7.10. The van der Waals surface area contributed by atoms with Crippen molar-refractivity contribution in [2.45, 2.75) is 39.2 Å². The van der Waals surface area contributed by atoms with Crippen molar-refractivity contribution in [3.05, 3.63) is 0 Å². The van der Waals surface area contributed by atoms with Crippen LogP contribution in [0, 0.1) is 11.8 Å². The highest BCUT2D eigenvalue weighted by Gasteiger charge is 2.22. The van der Waals surface area contributed by atoms with Crippen molar-refractivity contribution in [1.82, 2.24) is 15.5 Å². The summed E-state index contributed by atoms with van der Waals surface area (Å²) in [6.07, 6.45) is 3.26. The molecule has 1 unspecified atom stereocenters. The van der Waals surface area contributed by atoms with Gasteiger partial charge in [0.15, 0.2) is 0 Å². The molecule has 0 spiro atoms. The van der Waals surface area contributed by atoms with E-state index in [4.69, 9.17) is 0 Å². The fourth-order valence-electron chi connectivity index (χ4n) is 2.46. The lowest BCUT2D eigenvalue weighted by atomic mass is 9.98. The van der Waals surface area contributed by atoms with Crippen LogP contribution in [-0.2, 0) is 4.79 Å². The SMILES string of the molecule is CC(C)CC(CNC(=O)[C@@H]1CCCNC1)N(C)C. The number of nitrogens with one attached hydrogen (secondary N) is 2. The van der Waals surface area contributed by atoms with Crippen molar-refractivity contribution in [3.63, 3.8) is 0 Å². The normalized spacial score (nSPS) is 22.2. The van der Waals surface area contributed by atoms with Gasteiger partial charge < -0.3 is 15.5 Å². The van der Waals surface area contributed by atoms with Crippen molar-refractivity contribution in [1.29, 1.82) is 0 Å². The molecule has 0 aliphatic carbocycles. The Morgan fingerprint density at radius 1 is 1.44 bits per heavy atom. The molecule has 1 amide bonds. The number of hydrogen-bond acceptors (Lipinski definition) is 3. The third-order valence-corrected chi connectivity index (χ3v) is 3.65. The van der Waals surface area contributed by atoms with E-state index in [1.165, 1.54) is 0 Å². The van der Waals surface area contributed by atoms with Gasteiger partial charge in [-0.2, -0.15) is 0 Å². The number of hydrogen-bond donors (Lipinski definition) is 2. The number of carbonyl (C=O) groups excluding carboxylic acids is 1.